The van der Waals surface area contributed by atoms with E-state index >= 15 is 0 Å². The summed E-state index contributed by atoms with van der Waals surface area (Å²) < 4.78 is 7.14. The lowest BCUT2D eigenvalue weighted by Crippen LogP contribution is -2.16. The largest absolute Gasteiger partial charge is 0.497 e. The maximum absolute atomic E-state index is 5.24. The molecule has 0 aliphatic rings. The third-order valence-electron chi connectivity index (χ3n) is 3.20. The zero-order valence-corrected chi connectivity index (χ0v) is 12.3. The molecule has 0 radical (unpaired) electrons. The maximum Gasteiger partial charge on any atom is 0.121 e. The highest BCUT2D eigenvalue weighted by molar-refractivity contribution is 5.38. The standard InChI is InChI=1S/C16H23N3O/c1-3-9-17-10-5-6-14-12-18-19(13-14)15-7-4-8-16(11-15)20-2/h4,7-8,11-13,17H,3,5-6,9-10H2,1-2H3. The molecule has 0 amide bonds. The second-order valence-corrected chi connectivity index (χ2v) is 4.85. The second-order valence-electron chi connectivity index (χ2n) is 4.85. The van der Waals surface area contributed by atoms with Crippen LogP contribution in [-0.4, -0.2) is 30.0 Å². The Morgan fingerprint density at radius 2 is 2.20 bits per heavy atom. The summed E-state index contributed by atoms with van der Waals surface area (Å²) in [7, 11) is 1.68. The van der Waals surface area contributed by atoms with Crippen molar-refractivity contribution in [3.8, 4) is 11.4 Å². The lowest BCUT2D eigenvalue weighted by Gasteiger charge is -2.04. The summed E-state index contributed by atoms with van der Waals surface area (Å²) in [6.07, 6.45) is 7.42. The van der Waals surface area contributed by atoms with Crippen molar-refractivity contribution in [2.24, 2.45) is 0 Å². The van der Waals surface area contributed by atoms with Crippen LogP contribution in [0.4, 0.5) is 0 Å². The van der Waals surface area contributed by atoms with Gasteiger partial charge in [-0.1, -0.05) is 13.0 Å². The summed E-state index contributed by atoms with van der Waals surface area (Å²) in [4.78, 5) is 0. The van der Waals surface area contributed by atoms with Gasteiger partial charge in [-0.15, -0.1) is 0 Å². The van der Waals surface area contributed by atoms with Gasteiger partial charge in [0.2, 0.25) is 0 Å². The smallest absolute Gasteiger partial charge is 0.121 e. The third kappa shape index (κ3) is 4.10. The Labute approximate surface area is 120 Å². The molecule has 108 valence electrons. The van der Waals surface area contributed by atoms with Crippen LogP contribution in [0.1, 0.15) is 25.3 Å². The van der Waals surface area contributed by atoms with Crippen molar-refractivity contribution in [2.75, 3.05) is 20.2 Å². The molecule has 1 aromatic carbocycles. The number of hydrogen-bond acceptors (Lipinski definition) is 3. The van der Waals surface area contributed by atoms with Gasteiger partial charge in [0.05, 0.1) is 19.0 Å². The average molecular weight is 273 g/mol. The van der Waals surface area contributed by atoms with Crippen molar-refractivity contribution in [3.63, 3.8) is 0 Å². The summed E-state index contributed by atoms with van der Waals surface area (Å²) in [5.74, 6) is 0.850. The van der Waals surface area contributed by atoms with Crippen LogP contribution in [0.5, 0.6) is 5.75 Å². The fourth-order valence-corrected chi connectivity index (χ4v) is 2.10. The molecule has 2 aromatic rings. The maximum atomic E-state index is 5.24. The van der Waals surface area contributed by atoms with Gasteiger partial charge in [-0.3, -0.25) is 0 Å². The molecule has 4 heteroatoms. The number of nitrogens with zero attached hydrogens (tertiary/aromatic N) is 2. The highest BCUT2D eigenvalue weighted by atomic mass is 16.5. The molecule has 0 fully saturated rings. The van der Waals surface area contributed by atoms with Crippen molar-refractivity contribution >= 4 is 0 Å². The molecule has 0 aliphatic carbocycles. The minimum atomic E-state index is 0.850. The van der Waals surface area contributed by atoms with E-state index in [-0.39, 0.29) is 0 Å². The number of rotatable bonds is 8. The zero-order valence-electron chi connectivity index (χ0n) is 12.3. The lowest BCUT2D eigenvalue weighted by molar-refractivity contribution is 0.414. The van der Waals surface area contributed by atoms with Crippen molar-refractivity contribution < 1.29 is 4.74 Å². The van der Waals surface area contributed by atoms with E-state index in [0.29, 0.717) is 0 Å². The second kappa shape index (κ2) is 7.70. The number of aromatic nitrogens is 2. The molecule has 0 aliphatic heterocycles. The predicted molar refractivity (Wildman–Crippen MR) is 81.6 cm³/mol. The van der Waals surface area contributed by atoms with E-state index < -0.39 is 0 Å². The molecule has 0 spiro atoms. The Morgan fingerprint density at radius 1 is 1.30 bits per heavy atom. The normalized spacial score (nSPS) is 10.7. The molecule has 0 bridgehead atoms. The van der Waals surface area contributed by atoms with Crippen LogP contribution in [0.25, 0.3) is 5.69 Å². The summed E-state index contributed by atoms with van der Waals surface area (Å²) in [6.45, 7) is 4.35. The average Bonchev–Trinajstić information content (AvgIpc) is 2.96. The fourth-order valence-electron chi connectivity index (χ4n) is 2.10. The molecule has 1 aromatic heterocycles. The number of ether oxygens (including phenoxy) is 1. The molecule has 0 saturated heterocycles. The van der Waals surface area contributed by atoms with E-state index in [1.165, 1.54) is 12.0 Å². The first-order chi connectivity index (χ1) is 9.83. The van der Waals surface area contributed by atoms with Gasteiger partial charge in [0.25, 0.3) is 0 Å². The molecule has 0 atom stereocenters. The topological polar surface area (TPSA) is 39.1 Å². The van der Waals surface area contributed by atoms with E-state index in [0.717, 1.165) is 37.4 Å². The number of hydrogen-bond donors (Lipinski definition) is 1. The van der Waals surface area contributed by atoms with E-state index in [1.54, 1.807) is 7.11 Å². The molecule has 4 nitrogen and oxygen atoms in total. The van der Waals surface area contributed by atoms with Gasteiger partial charge < -0.3 is 10.1 Å². The van der Waals surface area contributed by atoms with Crippen molar-refractivity contribution in [1.82, 2.24) is 15.1 Å². The van der Waals surface area contributed by atoms with Crippen LogP contribution in [0, 0.1) is 0 Å². The Morgan fingerprint density at radius 3 is 3.00 bits per heavy atom. The number of benzene rings is 1. The third-order valence-corrected chi connectivity index (χ3v) is 3.20. The van der Waals surface area contributed by atoms with Crippen LogP contribution < -0.4 is 10.1 Å². The Balaban J connectivity index is 1.91. The number of aryl methyl sites for hydroxylation is 1. The minimum absolute atomic E-state index is 0.850. The molecule has 0 unspecified atom stereocenters. The highest BCUT2D eigenvalue weighted by Crippen LogP contribution is 2.16. The Bertz CT molecular complexity index is 522. The lowest BCUT2D eigenvalue weighted by atomic mass is 10.2. The van der Waals surface area contributed by atoms with Crippen molar-refractivity contribution in [1.29, 1.82) is 0 Å². The van der Waals surface area contributed by atoms with E-state index in [9.17, 15) is 0 Å². The molecule has 0 saturated carbocycles. The monoisotopic (exact) mass is 273 g/mol. The van der Waals surface area contributed by atoms with Gasteiger partial charge in [-0.25, -0.2) is 4.68 Å². The Kier molecular flexibility index (Phi) is 5.62. The van der Waals surface area contributed by atoms with Crippen LogP contribution in [0.2, 0.25) is 0 Å². The van der Waals surface area contributed by atoms with E-state index in [4.69, 9.17) is 4.74 Å². The quantitative estimate of drug-likeness (QED) is 0.752. The summed E-state index contributed by atoms with van der Waals surface area (Å²) in [5.41, 5.74) is 2.30. The zero-order chi connectivity index (χ0) is 14.2. The first-order valence-electron chi connectivity index (χ1n) is 7.22. The minimum Gasteiger partial charge on any atom is -0.497 e. The summed E-state index contributed by atoms with van der Waals surface area (Å²) >= 11 is 0. The van der Waals surface area contributed by atoms with Gasteiger partial charge in [-0.05, 0) is 50.0 Å². The van der Waals surface area contributed by atoms with Gasteiger partial charge in [0.1, 0.15) is 5.75 Å². The number of nitrogens with one attached hydrogen (secondary N) is 1. The molecule has 20 heavy (non-hydrogen) atoms. The van der Waals surface area contributed by atoms with Gasteiger partial charge in [0.15, 0.2) is 0 Å². The number of methoxy groups -OCH3 is 1. The predicted octanol–water partition coefficient (Wildman–Crippen LogP) is 2.81. The van der Waals surface area contributed by atoms with Crippen LogP contribution in [0.3, 0.4) is 0 Å². The highest BCUT2D eigenvalue weighted by Gasteiger charge is 2.02. The first kappa shape index (κ1) is 14.6. The molecule has 1 heterocycles. The molecular formula is C16H23N3O. The van der Waals surface area contributed by atoms with E-state index in [2.05, 4.69) is 23.5 Å². The van der Waals surface area contributed by atoms with Gasteiger partial charge in [0, 0.05) is 12.3 Å². The van der Waals surface area contributed by atoms with Crippen molar-refractivity contribution in [2.45, 2.75) is 26.2 Å². The molecule has 2 rings (SSSR count). The van der Waals surface area contributed by atoms with Crippen LogP contribution >= 0.6 is 0 Å². The van der Waals surface area contributed by atoms with Gasteiger partial charge in [-0.2, -0.15) is 5.10 Å². The van der Waals surface area contributed by atoms with Crippen LogP contribution in [0.15, 0.2) is 36.7 Å². The summed E-state index contributed by atoms with van der Waals surface area (Å²) in [5, 5.41) is 7.83. The van der Waals surface area contributed by atoms with Crippen molar-refractivity contribution in [3.05, 3.63) is 42.2 Å². The van der Waals surface area contributed by atoms with E-state index in [1.807, 2.05) is 35.1 Å². The Hall–Kier alpha value is -1.81. The molecule has 1 N–H and O–H groups in total. The van der Waals surface area contributed by atoms with Gasteiger partial charge >= 0.3 is 0 Å². The van der Waals surface area contributed by atoms with Crippen LogP contribution in [-0.2, 0) is 6.42 Å². The summed E-state index contributed by atoms with van der Waals surface area (Å²) in [6, 6.07) is 7.93. The first-order valence-corrected chi connectivity index (χ1v) is 7.22. The molecular weight excluding hydrogens is 250 g/mol. The SMILES string of the molecule is CCCNCCCc1cnn(-c2cccc(OC)c2)c1. The fraction of sp³-hybridized carbons (Fsp3) is 0.438.